The highest BCUT2D eigenvalue weighted by molar-refractivity contribution is 8.26. The Hall–Kier alpha value is -2.26. The molecule has 1 aliphatic rings. The summed E-state index contributed by atoms with van der Waals surface area (Å²) in [7, 11) is 4.51. The third kappa shape index (κ3) is 4.25. The number of benzene rings is 1. The van der Waals surface area contributed by atoms with Gasteiger partial charge in [0.25, 0.3) is 5.91 Å². The van der Waals surface area contributed by atoms with Gasteiger partial charge in [0.15, 0.2) is 11.5 Å². The molecule has 0 aromatic heterocycles. The molecular formula is C19H23NO6S2. The van der Waals surface area contributed by atoms with Crippen LogP contribution in [0.4, 0.5) is 0 Å². The van der Waals surface area contributed by atoms with Gasteiger partial charge in [-0.3, -0.25) is 9.69 Å². The summed E-state index contributed by atoms with van der Waals surface area (Å²) < 4.78 is 16.2. The van der Waals surface area contributed by atoms with E-state index >= 15 is 0 Å². The molecule has 152 valence electrons. The second-order valence-corrected chi connectivity index (χ2v) is 7.85. The zero-order chi connectivity index (χ0) is 21.0. The van der Waals surface area contributed by atoms with Crippen molar-refractivity contribution in [1.82, 2.24) is 4.90 Å². The van der Waals surface area contributed by atoms with Crippen LogP contribution in [0.2, 0.25) is 0 Å². The van der Waals surface area contributed by atoms with E-state index in [9.17, 15) is 14.7 Å². The normalized spacial score (nSPS) is 17.6. The summed E-state index contributed by atoms with van der Waals surface area (Å²) in [4.78, 5) is 26.2. The molecule has 9 heteroatoms. The molecule has 1 heterocycles. The van der Waals surface area contributed by atoms with Gasteiger partial charge in [-0.25, -0.2) is 4.79 Å². The molecule has 1 N–H and O–H groups in total. The van der Waals surface area contributed by atoms with Gasteiger partial charge in [0.2, 0.25) is 5.75 Å². The standard InChI is InChI=1S/C19H23NO6S2/c1-6-10(2)15(18(22)23)20-17(21)14(28-19(20)27)9-11-7-12(24-3)16(26-5)13(8-11)25-4/h7-10,15H,6H2,1-5H3,(H,22,23)/b14-9-/t10-,15-/m1/s1. The third-order valence-corrected chi connectivity index (χ3v) is 5.85. The van der Waals surface area contributed by atoms with Crippen LogP contribution in [0.5, 0.6) is 17.2 Å². The minimum atomic E-state index is -1.07. The van der Waals surface area contributed by atoms with Crippen molar-refractivity contribution in [2.45, 2.75) is 26.3 Å². The van der Waals surface area contributed by atoms with Crippen LogP contribution < -0.4 is 14.2 Å². The van der Waals surface area contributed by atoms with E-state index in [1.807, 2.05) is 6.92 Å². The lowest BCUT2D eigenvalue weighted by molar-refractivity contribution is -0.147. The highest BCUT2D eigenvalue weighted by Gasteiger charge is 2.42. The Morgan fingerprint density at radius 1 is 1.25 bits per heavy atom. The number of carbonyl (C=O) groups excluding carboxylic acids is 1. The van der Waals surface area contributed by atoms with Crippen LogP contribution >= 0.6 is 24.0 Å². The Balaban J connectivity index is 2.44. The number of methoxy groups -OCH3 is 3. The first-order valence-corrected chi connectivity index (χ1v) is 9.81. The Morgan fingerprint density at radius 2 is 1.82 bits per heavy atom. The van der Waals surface area contributed by atoms with Crippen molar-refractivity contribution in [2.75, 3.05) is 21.3 Å². The van der Waals surface area contributed by atoms with Gasteiger partial charge in [0, 0.05) is 0 Å². The smallest absolute Gasteiger partial charge is 0.327 e. The number of amides is 1. The van der Waals surface area contributed by atoms with E-state index in [2.05, 4.69) is 0 Å². The minimum Gasteiger partial charge on any atom is -0.493 e. The zero-order valence-corrected chi connectivity index (χ0v) is 18.0. The van der Waals surface area contributed by atoms with Gasteiger partial charge >= 0.3 is 5.97 Å². The van der Waals surface area contributed by atoms with Gasteiger partial charge < -0.3 is 19.3 Å². The number of thioether (sulfide) groups is 1. The maximum atomic E-state index is 12.9. The Bertz CT molecular complexity index is 798. The third-order valence-electron chi connectivity index (χ3n) is 4.52. The second kappa shape index (κ2) is 9.29. The van der Waals surface area contributed by atoms with E-state index in [-0.39, 0.29) is 10.2 Å². The van der Waals surface area contributed by atoms with E-state index in [1.165, 1.54) is 26.2 Å². The lowest BCUT2D eigenvalue weighted by Crippen LogP contribution is -2.47. The van der Waals surface area contributed by atoms with Crippen LogP contribution in [0.15, 0.2) is 17.0 Å². The zero-order valence-electron chi connectivity index (χ0n) is 16.3. The van der Waals surface area contributed by atoms with Crippen LogP contribution in [0, 0.1) is 5.92 Å². The Labute approximate surface area is 173 Å². The summed E-state index contributed by atoms with van der Waals surface area (Å²) in [6.45, 7) is 3.67. The number of hydrogen-bond donors (Lipinski definition) is 1. The number of ether oxygens (including phenoxy) is 3. The first kappa shape index (κ1) is 22.0. The monoisotopic (exact) mass is 425 g/mol. The molecule has 2 rings (SSSR count). The van der Waals surface area contributed by atoms with E-state index in [1.54, 1.807) is 25.1 Å². The van der Waals surface area contributed by atoms with Crippen molar-refractivity contribution in [3.8, 4) is 17.2 Å². The first-order chi connectivity index (χ1) is 13.3. The molecule has 0 bridgehead atoms. The molecular weight excluding hydrogens is 402 g/mol. The summed E-state index contributed by atoms with van der Waals surface area (Å²) in [6.07, 6.45) is 2.25. The van der Waals surface area contributed by atoms with Crippen molar-refractivity contribution < 1.29 is 28.9 Å². The number of carboxylic acid groups (broad SMARTS) is 1. The Morgan fingerprint density at radius 3 is 2.25 bits per heavy atom. The van der Waals surface area contributed by atoms with Gasteiger partial charge in [-0.1, -0.05) is 44.2 Å². The molecule has 1 amide bonds. The van der Waals surface area contributed by atoms with Gasteiger partial charge in [-0.05, 0) is 29.7 Å². The first-order valence-electron chi connectivity index (χ1n) is 8.58. The lowest BCUT2D eigenvalue weighted by atomic mass is 9.98. The van der Waals surface area contributed by atoms with Crippen molar-refractivity contribution in [1.29, 1.82) is 0 Å². The molecule has 1 aliphatic heterocycles. The number of thiocarbonyl (C=S) groups is 1. The van der Waals surface area contributed by atoms with Crippen molar-refractivity contribution >= 4 is 46.3 Å². The molecule has 1 fully saturated rings. The van der Waals surface area contributed by atoms with Crippen LogP contribution in [0.3, 0.4) is 0 Å². The molecule has 1 saturated heterocycles. The number of carboxylic acids is 1. The minimum absolute atomic E-state index is 0.233. The maximum Gasteiger partial charge on any atom is 0.327 e. The number of carbonyl (C=O) groups is 2. The summed E-state index contributed by atoms with van der Waals surface area (Å²) in [5.41, 5.74) is 0.644. The fourth-order valence-electron chi connectivity index (χ4n) is 2.89. The summed E-state index contributed by atoms with van der Waals surface area (Å²) in [6, 6.07) is 2.41. The number of nitrogens with zero attached hydrogens (tertiary/aromatic N) is 1. The quantitative estimate of drug-likeness (QED) is 0.501. The molecule has 1 aromatic carbocycles. The van der Waals surface area contributed by atoms with E-state index in [4.69, 9.17) is 26.4 Å². The molecule has 1 aromatic rings. The van der Waals surface area contributed by atoms with Crippen molar-refractivity contribution in [3.05, 3.63) is 22.6 Å². The summed E-state index contributed by atoms with van der Waals surface area (Å²) in [5.74, 6) is -0.382. The molecule has 0 saturated carbocycles. The SMILES string of the molecule is CC[C@@H](C)[C@H](C(=O)O)N1C(=O)/C(=C/c2cc(OC)c(OC)c(OC)c2)SC1=S. The van der Waals surface area contributed by atoms with Gasteiger partial charge in [-0.2, -0.15) is 0 Å². The Kier molecular flexibility index (Phi) is 7.31. The largest absolute Gasteiger partial charge is 0.493 e. The van der Waals surface area contributed by atoms with Gasteiger partial charge in [-0.15, -0.1) is 0 Å². The molecule has 0 unspecified atom stereocenters. The summed E-state index contributed by atoms with van der Waals surface area (Å²) >= 11 is 6.38. The van der Waals surface area contributed by atoms with Crippen LogP contribution in [-0.2, 0) is 9.59 Å². The molecule has 0 radical (unpaired) electrons. The highest BCUT2D eigenvalue weighted by Crippen LogP contribution is 2.41. The fraction of sp³-hybridized carbons (Fsp3) is 0.421. The topological polar surface area (TPSA) is 85.3 Å². The maximum absolute atomic E-state index is 12.9. The van der Waals surface area contributed by atoms with Crippen LogP contribution in [-0.4, -0.2) is 53.6 Å². The number of hydrogen-bond acceptors (Lipinski definition) is 7. The lowest BCUT2D eigenvalue weighted by Gasteiger charge is -2.27. The van der Waals surface area contributed by atoms with Crippen LogP contribution in [0.1, 0.15) is 25.8 Å². The predicted octanol–water partition coefficient (Wildman–Crippen LogP) is 3.41. The predicted molar refractivity (Wildman–Crippen MR) is 112 cm³/mol. The van der Waals surface area contributed by atoms with E-state index in [0.717, 1.165) is 11.8 Å². The summed E-state index contributed by atoms with van der Waals surface area (Å²) in [5, 5.41) is 9.61. The fourth-order valence-corrected chi connectivity index (χ4v) is 4.22. The molecule has 2 atom stereocenters. The average Bonchev–Trinajstić information content (AvgIpc) is 2.94. The number of rotatable bonds is 8. The van der Waals surface area contributed by atoms with Gasteiger partial charge in [0.1, 0.15) is 10.4 Å². The number of aliphatic carboxylic acids is 1. The second-order valence-electron chi connectivity index (χ2n) is 6.18. The molecule has 0 spiro atoms. The molecule has 28 heavy (non-hydrogen) atoms. The van der Waals surface area contributed by atoms with Crippen LogP contribution in [0.25, 0.3) is 6.08 Å². The van der Waals surface area contributed by atoms with E-state index in [0.29, 0.717) is 34.1 Å². The molecule has 7 nitrogen and oxygen atoms in total. The average molecular weight is 426 g/mol. The van der Waals surface area contributed by atoms with Crippen molar-refractivity contribution in [3.63, 3.8) is 0 Å². The van der Waals surface area contributed by atoms with E-state index < -0.39 is 17.9 Å². The van der Waals surface area contributed by atoms with Gasteiger partial charge in [0.05, 0.1) is 26.2 Å². The van der Waals surface area contributed by atoms with Crippen molar-refractivity contribution in [2.24, 2.45) is 5.92 Å². The molecule has 0 aliphatic carbocycles. The highest BCUT2D eigenvalue weighted by atomic mass is 32.2.